The molecule has 0 spiro atoms. The Morgan fingerprint density at radius 3 is 2.87 bits per heavy atom. The van der Waals surface area contributed by atoms with Crippen LogP contribution < -0.4 is 10.5 Å². The van der Waals surface area contributed by atoms with E-state index in [4.69, 9.17) is 27.2 Å². The minimum Gasteiger partial charge on any atom is -0.493 e. The van der Waals surface area contributed by atoms with Crippen LogP contribution in [0.15, 0.2) is 18.2 Å². The van der Waals surface area contributed by atoms with Gasteiger partial charge >= 0.3 is 0 Å². The number of ether oxygens (including phenoxy) is 1. The number of hydrogen-bond donors (Lipinski definition) is 2. The summed E-state index contributed by atoms with van der Waals surface area (Å²) in [6, 6.07) is 5.38. The fraction of sp³-hybridized carbons (Fsp3) is 0.455. The Labute approximate surface area is 94.8 Å². The zero-order chi connectivity index (χ0) is 11.3. The molecule has 3 nitrogen and oxygen atoms in total. The Morgan fingerprint density at radius 2 is 2.27 bits per heavy atom. The highest BCUT2D eigenvalue weighted by Crippen LogP contribution is 2.23. The molecule has 0 amide bonds. The van der Waals surface area contributed by atoms with Gasteiger partial charge in [-0.25, -0.2) is 0 Å². The zero-order valence-corrected chi connectivity index (χ0v) is 9.50. The van der Waals surface area contributed by atoms with Gasteiger partial charge in [-0.1, -0.05) is 24.6 Å². The zero-order valence-electron chi connectivity index (χ0n) is 8.74. The van der Waals surface area contributed by atoms with E-state index in [1.54, 1.807) is 12.1 Å². The fourth-order valence-corrected chi connectivity index (χ4v) is 1.28. The molecule has 1 rings (SSSR count). The van der Waals surface area contributed by atoms with Gasteiger partial charge in [0.2, 0.25) is 0 Å². The lowest BCUT2D eigenvalue weighted by molar-refractivity contribution is 0.173. The number of nitrogens with two attached hydrogens (primary N) is 1. The molecule has 0 aliphatic rings. The molecule has 1 aromatic rings. The van der Waals surface area contributed by atoms with Crippen molar-refractivity contribution in [2.75, 3.05) is 13.2 Å². The van der Waals surface area contributed by atoms with Crippen LogP contribution in [-0.4, -0.2) is 18.3 Å². The highest BCUT2D eigenvalue weighted by molar-refractivity contribution is 6.30. The van der Waals surface area contributed by atoms with Gasteiger partial charge < -0.3 is 15.6 Å². The van der Waals surface area contributed by atoms with E-state index in [0.717, 1.165) is 5.56 Å². The molecule has 84 valence electrons. The van der Waals surface area contributed by atoms with E-state index >= 15 is 0 Å². The average Bonchev–Trinajstić information content (AvgIpc) is 2.26. The van der Waals surface area contributed by atoms with Gasteiger partial charge in [-0.15, -0.1) is 0 Å². The first-order valence-electron chi connectivity index (χ1n) is 4.89. The Balaban J connectivity index is 2.69. The van der Waals surface area contributed by atoms with Crippen LogP contribution in [0.1, 0.15) is 12.5 Å². The maximum Gasteiger partial charge on any atom is 0.125 e. The number of aliphatic hydroxyl groups excluding tert-OH is 1. The van der Waals surface area contributed by atoms with Crippen LogP contribution in [-0.2, 0) is 6.54 Å². The van der Waals surface area contributed by atoms with Gasteiger partial charge in [-0.2, -0.15) is 0 Å². The molecule has 0 bridgehead atoms. The third kappa shape index (κ3) is 3.70. The van der Waals surface area contributed by atoms with Crippen molar-refractivity contribution < 1.29 is 9.84 Å². The molecule has 1 unspecified atom stereocenters. The molecule has 0 saturated heterocycles. The molecule has 0 fully saturated rings. The number of aliphatic hydroxyl groups is 1. The minimum atomic E-state index is 0.106. The van der Waals surface area contributed by atoms with Crippen molar-refractivity contribution >= 4 is 11.6 Å². The minimum absolute atomic E-state index is 0.106. The first-order valence-corrected chi connectivity index (χ1v) is 5.27. The van der Waals surface area contributed by atoms with Gasteiger partial charge in [0.25, 0.3) is 0 Å². The monoisotopic (exact) mass is 229 g/mol. The molecule has 1 aromatic carbocycles. The summed E-state index contributed by atoms with van der Waals surface area (Å²) in [5.74, 6) is 0.805. The third-order valence-corrected chi connectivity index (χ3v) is 2.32. The topological polar surface area (TPSA) is 55.5 Å². The van der Waals surface area contributed by atoms with Crippen molar-refractivity contribution in [3.63, 3.8) is 0 Å². The first-order chi connectivity index (χ1) is 7.17. The molecule has 3 N–H and O–H groups in total. The lowest BCUT2D eigenvalue weighted by atomic mass is 10.2. The van der Waals surface area contributed by atoms with Crippen molar-refractivity contribution in [3.05, 3.63) is 28.8 Å². The van der Waals surface area contributed by atoms with Gasteiger partial charge in [-0.05, 0) is 12.1 Å². The van der Waals surface area contributed by atoms with E-state index in [-0.39, 0.29) is 12.5 Å². The lowest BCUT2D eigenvalue weighted by Gasteiger charge is -2.13. The number of rotatable bonds is 5. The van der Waals surface area contributed by atoms with Gasteiger partial charge in [0.05, 0.1) is 6.61 Å². The molecule has 0 aliphatic heterocycles. The highest BCUT2D eigenvalue weighted by Gasteiger charge is 2.06. The summed E-state index contributed by atoms with van der Waals surface area (Å²) in [6.45, 7) is 2.90. The normalized spacial score (nSPS) is 12.5. The van der Waals surface area contributed by atoms with Crippen LogP contribution in [0.25, 0.3) is 0 Å². The third-order valence-electron chi connectivity index (χ3n) is 2.08. The largest absolute Gasteiger partial charge is 0.493 e. The number of benzene rings is 1. The Morgan fingerprint density at radius 1 is 1.53 bits per heavy atom. The van der Waals surface area contributed by atoms with Crippen LogP contribution in [0, 0.1) is 5.92 Å². The van der Waals surface area contributed by atoms with Crippen LogP contribution in [0.5, 0.6) is 5.75 Å². The number of halogens is 1. The van der Waals surface area contributed by atoms with Gasteiger partial charge in [0.1, 0.15) is 5.75 Å². The second-order valence-corrected chi connectivity index (χ2v) is 3.99. The van der Waals surface area contributed by atoms with E-state index in [9.17, 15) is 0 Å². The van der Waals surface area contributed by atoms with E-state index in [0.29, 0.717) is 23.9 Å². The van der Waals surface area contributed by atoms with Gasteiger partial charge in [0.15, 0.2) is 0 Å². The van der Waals surface area contributed by atoms with E-state index in [1.807, 2.05) is 13.0 Å². The number of hydrogen-bond acceptors (Lipinski definition) is 3. The maximum absolute atomic E-state index is 8.86. The summed E-state index contributed by atoms with van der Waals surface area (Å²) in [5, 5.41) is 9.49. The second kappa shape index (κ2) is 5.95. The molecular formula is C11H16ClNO2. The Bertz CT molecular complexity index is 317. The predicted molar refractivity (Wildman–Crippen MR) is 61.1 cm³/mol. The van der Waals surface area contributed by atoms with Gasteiger partial charge in [-0.3, -0.25) is 0 Å². The second-order valence-electron chi connectivity index (χ2n) is 3.55. The summed E-state index contributed by atoms with van der Waals surface area (Å²) in [6.07, 6.45) is 0. The molecular weight excluding hydrogens is 214 g/mol. The molecule has 4 heteroatoms. The molecule has 0 aromatic heterocycles. The van der Waals surface area contributed by atoms with Crippen LogP contribution >= 0.6 is 11.6 Å². The lowest BCUT2D eigenvalue weighted by Crippen LogP contribution is -2.13. The van der Waals surface area contributed by atoms with Crippen LogP contribution in [0.3, 0.4) is 0 Å². The van der Waals surface area contributed by atoms with Crippen molar-refractivity contribution in [2.45, 2.75) is 13.5 Å². The summed E-state index contributed by atoms with van der Waals surface area (Å²) in [7, 11) is 0. The molecule has 0 saturated carbocycles. The maximum atomic E-state index is 8.86. The predicted octanol–water partition coefficient (Wildman–Crippen LogP) is 1.81. The van der Waals surface area contributed by atoms with Crippen molar-refractivity contribution in [2.24, 2.45) is 11.7 Å². The Hall–Kier alpha value is -0.770. The average molecular weight is 230 g/mol. The summed E-state index contributed by atoms with van der Waals surface area (Å²) in [4.78, 5) is 0. The SMILES string of the molecule is CC(CO)COc1cc(Cl)ccc1CN. The molecule has 15 heavy (non-hydrogen) atoms. The summed E-state index contributed by atoms with van der Waals surface area (Å²) >= 11 is 5.85. The van der Waals surface area contributed by atoms with Gasteiger partial charge in [0, 0.05) is 29.7 Å². The highest BCUT2D eigenvalue weighted by atomic mass is 35.5. The molecule has 0 heterocycles. The molecule has 1 atom stereocenters. The smallest absolute Gasteiger partial charge is 0.125 e. The van der Waals surface area contributed by atoms with Crippen molar-refractivity contribution in [3.8, 4) is 5.75 Å². The Kier molecular flexibility index (Phi) is 4.88. The standard InChI is InChI=1S/C11H16ClNO2/c1-8(6-14)7-15-11-4-10(12)3-2-9(11)5-13/h2-4,8,14H,5-7,13H2,1H3. The van der Waals surface area contributed by atoms with Crippen LogP contribution in [0.4, 0.5) is 0 Å². The summed E-state index contributed by atoms with van der Waals surface area (Å²) < 4.78 is 5.54. The van der Waals surface area contributed by atoms with Crippen LogP contribution in [0.2, 0.25) is 5.02 Å². The van der Waals surface area contributed by atoms with E-state index in [2.05, 4.69) is 0 Å². The molecule has 0 aliphatic carbocycles. The quantitative estimate of drug-likeness (QED) is 0.810. The van der Waals surface area contributed by atoms with Crippen molar-refractivity contribution in [1.29, 1.82) is 0 Å². The van der Waals surface area contributed by atoms with E-state index < -0.39 is 0 Å². The first kappa shape index (κ1) is 12.3. The summed E-state index contributed by atoms with van der Waals surface area (Å²) in [5.41, 5.74) is 6.49. The molecule has 0 radical (unpaired) electrons. The van der Waals surface area contributed by atoms with E-state index in [1.165, 1.54) is 0 Å². The fourth-order valence-electron chi connectivity index (χ4n) is 1.12. The van der Waals surface area contributed by atoms with Crippen molar-refractivity contribution in [1.82, 2.24) is 0 Å².